The molecular weight excluding hydrogens is 292 g/mol. The molecule has 2 aromatic rings. The summed E-state index contributed by atoms with van der Waals surface area (Å²) in [5.41, 5.74) is 17.4. The number of anilines is 2. The molecule has 4 aliphatic carbocycles. The summed E-state index contributed by atoms with van der Waals surface area (Å²) in [5.74, 6) is 1.75. The first-order chi connectivity index (χ1) is 11.6. The smallest absolute Gasteiger partial charge is 0.0314 e. The van der Waals surface area contributed by atoms with E-state index in [2.05, 4.69) is 48.5 Å². The van der Waals surface area contributed by atoms with Crippen molar-refractivity contribution in [1.29, 1.82) is 0 Å². The second-order valence-corrected chi connectivity index (χ2v) is 8.77. The number of nitrogen functional groups attached to an aromatic ring is 2. The van der Waals surface area contributed by atoms with Crippen LogP contribution in [0.25, 0.3) is 0 Å². The molecule has 6 rings (SSSR count). The molecule has 0 spiro atoms. The zero-order valence-electron chi connectivity index (χ0n) is 14.2. The largest absolute Gasteiger partial charge is 0.399 e. The third-order valence-corrected chi connectivity index (χ3v) is 7.11. The standard InChI is InChI=1S/C22H26N2/c23-19-5-1-17(2-6-19)21-10-15-9-16(11-21)13-22(12-15,14-21)18-3-7-20(24)8-4-18/h1-8,15-16H,9-14,23-24H2. The van der Waals surface area contributed by atoms with Gasteiger partial charge in [-0.3, -0.25) is 0 Å². The van der Waals surface area contributed by atoms with Crippen LogP contribution in [0, 0.1) is 11.8 Å². The molecule has 2 heteroatoms. The SMILES string of the molecule is Nc1ccc(C23CC4CC(C2)CC(c2ccc(N)cc2)(C4)C3)cc1. The van der Waals surface area contributed by atoms with Gasteiger partial charge in [-0.1, -0.05) is 24.3 Å². The van der Waals surface area contributed by atoms with Gasteiger partial charge in [-0.15, -0.1) is 0 Å². The van der Waals surface area contributed by atoms with Crippen molar-refractivity contribution in [3.63, 3.8) is 0 Å². The molecule has 4 aliphatic rings. The first-order valence-corrected chi connectivity index (χ1v) is 9.29. The average Bonchev–Trinajstić information content (AvgIpc) is 2.54. The van der Waals surface area contributed by atoms with Crippen LogP contribution in [0.4, 0.5) is 11.4 Å². The van der Waals surface area contributed by atoms with Crippen LogP contribution < -0.4 is 11.5 Å². The van der Waals surface area contributed by atoms with Gasteiger partial charge in [0.25, 0.3) is 0 Å². The molecule has 24 heavy (non-hydrogen) atoms. The van der Waals surface area contributed by atoms with Crippen LogP contribution in [0.3, 0.4) is 0 Å². The highest BCUT2D eigenvalue weighted by atomic mass is 14.6. The van der Waals surface area contributed by atoms with E-state index in [1.165, 1.54) is 49.7 Å². The molecule has 0 unspecified atom stereocenters. The summed E-state index contributed by atoms with van der Waals surface area (Å²) >= 11 is 0. The van der Waals surface area contributed by atoms with Gasteiger partial charge in [0.15, 0.2) is 0 Å². The van der Waals surface area contributed by atoms with Gasteiger partial charge in [0.05, 0.1) is 0 Å². The Morgan fingerprint density at radius 2 is 1.00 bits per heavy atom. The maximum Gasteiger partial charge on any atom is 0.0314 e. The summed E-state index contributed by atoms with van der Waals surface area (Å²) in [6.45, 7) is 0. The Morgan fingerprint density at radius 3 is 1.38 bits per heavy atom. The van der Waals surface area contributed by atoms with Crippen molar-refractivity contribution in [2.24, 2.45) is 11.8 Å². The fourth-order valence-electron chi connectivity index (χ4n) is 6.61. The zero-order chi connectivity index (χ0) is 16.4. The molecule has 2 nitrogen and oxygen atoms in total. The Balaban J connectivity index is 1.59. The van der Waals surface area contributed by atoms with Crippen LogP contribution in [0.1, 0.15) is 49.7 Å². The molecule has 0 heterocycles. The Kier molecular flexibility index (Phi) is 2.87. The molecule has 4 fully saturated rings. The van der Waals surface area contributed by atoms with E-state index in [-0.39, 0.29) is 0 Å². The van der Waals surface area contributed by atoms with Crippen LogP contribution in [-0.2, 0) is 10.8 Å². The van der Waals surface area contributed by atoms with E-state index >= 15 is 0 Å². The van der Waals surface area contributed by atoms with E-state index in [9.17, 15) is 0 Å². The minimum atomic E-state index is 0.360. The molecule has 0 amide bonds. The second kappa shape index (κ2) is 4.78. The van der Waals surface area contributed by atoms with Gasteiger partial charge in [0.2, 0.25) is 0 Å². The van der Waals surface area contributed by atoms with Crippen molar-refractivity contribution >= 4 is 11.4 Å². The molecule has 0 atom stereocenters. The lowest BCUT2D eigenvalue weighted by Crippen LogP contribution is -2.55. The monoisotopic (exact) mass is 318 g/mol. The lowest BCUT2D eigenvalue weighted by molar-refractivity contribution is -0.0281. The van der Waals surface area contributed by atoms with Crippen molar-refractivity contribution in [2.45, 2.75) is 49.4 Å². The van der Waals surface area contributed by atoms with E-state index in [1.54, 1.807) is 0 Å². The van der Waals surface area contributed by atoms with Gasteiger partial charge in [-0.25, -0.2) is 0 Å². The minimum Gasteiger partial charge on any atom is -0.399 e. The van der Waals surface area contributed by atoms with Gasteiger partial charge >= 0.3 is 0 Å². The van der Waals surface area contributed by atoms with Crippen LogP contribution >= 0.6 is 0 Å². The predicted molar refractivity (Wildman–Crippen MR) is 99.7 cm³/mol. The molecule has 4 bridgehead atoms. The average molecular weight is 318 g/mol. The van der Waals surface area contributed by atoms with Crippen LogP contribution in [0.5, 0.6) is 0 Å². The maximum absolute atomic E-state index is 5.94. The van der Waals surface area contributed by atoms with Gasteiger partial charge in [0, 0.05) is 11.4 Å². The lowest BCUT2D eigenvalue weighted by atomic mass is 9.42. The maximum atomic E-state index is 5.94. The molecular formula is C22H26N2. The topological polar surface area (TPSA) is 52.0 Å². The number of hydrogen-bond donors (Lipinski definition) is 2. The summed E-state index contributed by atoms with van der Waals surface area (Å²) < 4.78 is 0. The third-order valence-electron chi connectivity index (χ3n) is 7.11. The van der Waals surface area contributed by atoms with Crippen molar-refractivity contribution < 1.29 is 0 Å². The normalized spacial score (nSPS) is 36.8. The molecule has 0 radical (unpaired) electrons. The van der Waals surface area contributed by atoms with Crippen LogP contribution in [0.15, 0.2) is 48.5 Å². The fourth-order valence-corrected chi connectivity index (χ4v) is 6.61. The Morgan fingerprint density at radius 1 is 0.625 bits per heavy atom. The van der Waals surface area contributed by atoms with Gasteiger partial charge < -0.3 is 11.5 Å². The minimum absolute atomic E-state index is 0.360. The number of benzene rings is 2. The van der Waals surface area contributed by atoms with Gasteiger partial charge in [-0.2, -0.15) is 0 Å². The highest BCUT2D eigenvalue weighted by molar-refractivity contribution is 5.46. The van der Waals surface area contributed by atoms with Crippen molar-refractivity contribution in [2.75, 3.05) is 11.5 Å². The summed E-state index contributed by atoms with van der Waals surface area (Å²) in [4.78, 5) is 0. The number of hydrogen-bond acceptors (Lipinski definition) is 2. The Labute approximate surface area is 144 Å². The first-order valence-electron chi connectivity index (χ1n) is 9.29. The summed E-state index contributed by atoms with van der Waals surface area (Å²) in [7, 11) is 0. The molecule has 4 saturated carbocycles. The molecule has 2 aromatic carbocycles. The zero-order valence-corrected chi connectivity index (χ0v) is 14.2. The molecule has 4 N–H and O–H groups in total. The van der Waals surface area contributed by atoms with E-state index in [0.717, 1.165) is 23.2 Å². The first kappa shape index (κ1) is 14.4. The summed E-state index contributed by atoms with van der Waals surface area (Å²) in [6, 6.07) is 17.5. The number of rotatable bonds is 2. The summed E-state index contributed by atoms with van der Waals surface area (Å²) in [5, 5.41) is 0. The third kappa shape index (κ3) is 2.02. The molecule has 0 aliphatic heterocycles. The van der Waals surface area contributed by atoms with Crippen LogP contribution in [-0.4, -0.2) is 0 Å². The van der Waals surface area contributed by atoms with E-state index in [4.69, 9.17) is 11.5 Å². The highest BCUT2D eigenvalue weighted by Crippen LogP contribution is 2.66. The quantitative estimate of drug-likeness (QED) is 0.793. The predicted octanol–water partition coefficient (Wildman–Crippen LogP) is 4.64. The number of nitrogens with two attached hydrogens (primary N) is 2. The van der Waals surface area contributed by atoms with Gasteiger partial charge in [0.1, 0.15) is 0 Å². The molecule has 0 saturated heterocycles. The van der Waals surface area contributed by atoms with Crippen molar-refractivity contribution in [3.8, 4) is 0 Å². The van der Waals surface area contributed by atoms with Crippen LogP contribution in [0.2, 0.25) is 0 Å². The van der Waals surface area contributed by atoms with E-state index < -0.39 is 0 Å². The lowest BCUT2D eigenvalue weighted by Gasteiger charge is -2.62. The molecule has 0 aromatic heterocycles. The van der Waals surface area contributed by atoms with Crippen molar-refractivity contribution in [1.82, 2.24) is 0 Å². The molecule has 124 valence electrons. The van der Waals surface area contributed by atoms with Gasteiger partial charge in [-0.05, 0) is 96.6 Å². The van der Waals surface area contributed by atoms with Crippen molar-refractivity contribution in [3.05, 3.63) is 59.7 Å². The Bertz CT molecular complexity index is 682. The Hall–Kier alpha value is -1.96. The highest BCUT2D eigenvalue weighted by Gasteiger charge is 2.58. The summed E-state index contributed by atoms with van der Waals surface area (Å²) in [6.07, 6.45) is 8.19. The van der Waals surface area contributed by atoms with E-state index in [1.807, 2.05) is 0 Å². The van der Waals surface area contributed by atoms with E-state index in [0.29, 0.717) is 10.8 Å². The second-order valence-electron chi connectivity index (χ2n) is 8.77. The fraction of sp³-hybridized carbons (Fsp3) is 0.455.